The molecule has 0 aliphatic carbocycles. The van der Waals surface area contributed by atoms with Crippen LogP contribution in [0.1, 0.15) is 43.0 Å². The zero-order valence-corrected chi connectivity index (χ0v) is 19.0. The van der Waals surface area contributed by atoms with E-state index in [9.17, 15) is 9.59 Å². The van der Waals surface area contributed by atoms with Gasteiger partial charge in [0.25, 0.3) is 5.91 Å². The Kier molecular flexibility index (Phi) is 8.46. The number of rotatable bonds is 9. The normalized spacial score (nSPS) is 11.8. The Balaban J connectivity index is 2.14. The molecule has 0 bridgehead atoms. The lowest BCUT2D eigenvalue weighted by Crippen LogP contribution is -2.49. The van der Waals surface area contributed by atoms with E-state index in [0.717, 1.165) is 16.7 Å². The number of ether oxygens (including phenoxy) is 1. The molecule has 5 nitrogen and oxygen atoms in total. The molecule has 1 atom stereocenters. The molecule has 2 aromatic carbocycles. The van der Waals surface area contributed by atoms with Crippen LogP contribution in [0.5, 0.6) is 5.75 Å². The van der Waals surface area contributed by atoms with Gasteiger partial charge in [0.1, 0.15) is 11.8 Å². The lowest BCUT2D eigenvalue weighted by atomic mass is 10.1. The number of aryl methyl sites for hydroxylation is 3. The molecule has 0 aliphatic rings. The first-order chi connectivity index (χ1) is 14.2. The molecular formula is C25H34N2O3. The molecule has 2 aromatic rings. The summed E-state index contributed by atoms with van der Waals surface area (Å²) in [6, 6.07) is 13.1. The zero-order chi connectivity index (χ0) is 22.3. The third-order valence-corrected chi connectivity index (χ3v) is 5.13. The van der Waals surface area contributed by atoms with E-state index >= 15 is 0 Å². The SMILES string of the molecule is Cc1cccc(CN(C(=O)COc2ccc(C)c(C)c2)[C@H](C)C(=O)NCC(C)C)c1. The maximum atomic E-state index is 13.1. The average molecular weight is 411 g/mol. The molecule has 162 valence electrons. The number of hydrogen-bond acceptors (Lipinski definition) is 3. The summed E-state index contributed by atoms with van der Waals surface area (Å²) in [6.45, 7) is 12.7. The van der Waals surface area contributed by atoms with Crippen LogP contribution in [-0.2, 0) is 16.1 Å². The minimum absolute atomic E-state index is 0.115. The first-order valence-electron chi connectivity index (χ1n) is 10.5. The van der Waals surface area contributed by atoms with Gasteiger partial charge >= 0.3 is 0 Å². The van der Waals surface area contributed by atoms with Gasteiger partial charge in [-0.05, 0) is 62.4 Å². The van der Waals surface area contributed by atoms with Crippen molar-refractivity contribution in [3.8, 4) is 5.75 Å². The van der Waals surface area contributed by atoms with Crippen molar-refractivity contribution in [3.05, 3.63) is 64.7 Å². The molecule has 1 N–H and O–H groups in total. The second kappa shape index (κ2) is 10.8. The predicted octanol–water partition coefficient (Wildman–Crippen LogP) is 4.18. The van der Waals surface area contributed by atoms with Crippen molar-refractivity contribution in [2.45, 2.75) is 54.1 Å². The van der Waals surface area contributed by atoms with Crippen molar-refractivity contribution >= 4 is 11.8 Å². The van der Waals surface area contributed by atoms with Gasteiger partial charge in [0.05, 0.1) is 0 Å². The third kappa shape index (κ3) is 6.90. The van der Waals surface area contributed by atoms with Crippen LogP contribution in [0.4, 0.5) is 0 Å². The fourth-order valence-corrected chi connectivity index (χ4v) is 3.07. The molecule has 0 radical (unpaired) electrons. The van der Waals surface area contributed by atoms with E-state index in [-0.39, 0.29) is 18.4 Å². The summed E-state index contributed by atoms with van der Waals surface area (Å²) in [4.78, 5) is 27.3. The first kappa shape index (κ1) is 23.5. The minimum Gasteiger partial charge on any atom is -0.484 e. The summed E-state index contributed by atoms with van der Waals surface area (Å²) in [5.41, 5.74) is 4.38. The van der Waals surface area contributed by atoms with Crippen LogP contribution in [0.3, 0.4) is 0 Å². The topological polar surface area (TPSA) is 58.6 Å². The number of nitrogens with zero attached hydrogens (tertiary/aromatic N) is 1. The average Bonchev–Trinajstić information content (AvgIpc) is 2.70. The van der Waals surface area contributed by atoms with Crippen molar-refractivity contribution < 1.29 is 14.3 Å². The van der Waals surface area contributed by atoms with Gasteiger partial charge in [-0.15, -0.1) is 0 Å². The quantitative estimate of drug-likeness (QED) is 0.675. The summed E-state index contributed by atoms with van der Waals surface area (Å²) < 4.78 is 5.75. The van der Waals surface area contributed by atoms with Gasteiger partial charge in [-0.1, -0.05) is 49.7 Å². The van der Waals surface area contributed by atoms with E-state index < -0.39 is 6.04 Å². The molecule has 30 heavy (non-hydrogen) atoms. The van der Waals surface area contributed by atoms with E-state index in [4.69, 9.17) is 4.74 Å². The molecule has 0 fully saturated rings. The van der Waals surface area contributed by atoms with Crippen LogP contribution >= 0.6 is 0 Å². The molecule has 0 saturated heterocycles. The third-order valence-electron chi connectivity index (χ3n) is 5.13. The highest BCUT2D eigenvalue weighted by atomic mass is 16.5. The Morgan fingerprint density at radius 2 is 1.73 bits per heavy atom. The molecule has 2 amide bonds. The van der Waals surface area contributed by atoms with Crippen molar-refractivity contribution in [1.29, 1.82) is 0 Å². The standard InChI is InChI=1S/C25H34N2O3/c1-17(2)14-26-25(29)21(6)27(15-22-9-7-8-18(3)12-22)24(28)16-30-23-11-10-19(4)20(5)13-23/h7-13,17,21H,14-16H2,1-6H3,(H,26,29)/t21-/m1/s1. The molecule has 0 aliphatic heterocycles. The summed E-state index contributed by atoms with van der Waals surface area (Å²) in [7, 11) is 0. The van der Waals surface area contributed by atoms with Crippen molar-refractivity contribution in [2.75, 3.05) is 13.2 Å². The van der Waals surface area contributed by atoms with Gasteiger partial charge in [0, 0.05) is 13.1 Å². The highest BCUT2D eigenvalue weighted by molar-refractivity contribution is 5.88. The van der Waals surface area contributed by atoms with Gasteiger partial charge < -0.3 is 15.0 Å². The summed E-state index contributed by atoms with van der Waals surface area (Å²) in [5, 5.41) is 2.93. The van der Waals surface area contributed by atoms with E-state index in [1.165, 1.54) is 5.56 Å². The summed E-state index contributed by atoms with van der Waals surface area (Å²) >= 11 is 0. The van der Waals surface area contributed by atoms with Crippen LogP contribution in [0.2, 0.25) is 0 Å². The highest BCUT2D eigenvalue weighted by Gasteiger charge is 2.26. The number of amides is 2. The molecule has 0 spiro atoms. The van der Waals surface area contributed by atoms with Crippen LogP contribution in [0.15, 0.2) is 42.5 Å². The number of nitrogens with one attached hydrogen (secondary N) is 1. The second-order valence-corrected chi connectivity index (χ2v) is 8.36. The highest BCUT2D eigenvalue weighted by Crippen LogP contribution is 2.17. The maximum Gasteiger partial charge on any atom is 0.261 e. The Morgan fingerprint density at radius 1 is 1.00 bits per heavy atom. The van der Waals surface area contributed by atoms with Crippen LogP contribution in [0.25, 0.3) is 0 Å². The molecule has 0 saturated carbocycles. The van der Waals surface area contributed by atoms with E-state index in [1.54, 1.807) is 11.8 Å². The smallest absolute Gasteiger partial charge is 0.261 e. The summed E-state index contributed by atoms with van der Waals surface area (Å²) in [6.07, 6.45) is 0. The van der Waals surface area contributed by atoms with Crippen molar-refractivity contribution in [2.24, 2.45) is 5.92 Å². The Morgan fingerprint density at radius 3 is 2.37 bits per heavy atom. The number of carbonyl (C=O) groups is 2. The molecule has 5 heteroatoms. The van der Waals surface area contributed by atoms with Gasteiger partial charge in [-0.3, -0.25) is 9.59 Å². The number of benzene rings is 2. The van der Waals surface area contributed by atoms with Crippen LogP contribution < -0.4 is 10.1 Å². The Labute approximate surface area is 180 Å². The van der Waals surface area contributed by atoms with E-state index in [2.05, 4.69) is 5.32 Å². The first-order valence-corrected chi connectivity index (χ1v) is 10.5. The molecule has 0 heterocycles. The lowest BCUT2D eigenvalue weighted by molar-refractivity contribution is -0.142. The Bertz CT molecular complexity index is 876. The van der Waals surface area contributed by atoms with E-state index in [1.807, 2.05) is 77.1 Å². The van der Waals surface area contributed by atoms with Gasteiger partial charge in [-0.2, -0.15) is 0 Å². The number of hydrogen-bond donors (Lipinski definition) is 1. The molecular weight excluding hydrogens is 376 g/mol. The minimum atomic E-state index is -0.597. The van der Waals surface area contributed by atoms with Gasteiger partial charge in [0.15, 0.2) is 6.61 Å². The molecule has 0 unspecified atom stereocenters. The second-order valence-electron chi connectivity index (χ2n) is 8.36. The largest absolute Gasteiger partial charge is 0.484 e. The van der Waals surface area contributed by atoms with Crippen molar-refractivity contribution in [1.82, 2.24) is 10.2 Å². The predicted molar refractivity (Wildman–Crippen MR) is 120 cm³/mol. The molecule has 2 rings (SSSR count). The van der Waals surface area contributed by atoms with Crippen LogP contribution in [-0.4, -0.2) is 35.9 Å². The maximum absolute atomic E-state index is 13.1. The van der Waals surface area contributed by atoms with Gasteiger partial charge in [0.2, 0.25) is 5.91 Å². The van der Waals surface area contributed by atoms with Crippen molar-refractivity contribution in [3.63, 3.8) is 0 Å². The zero-order valence-electron chi connectivity index (χ0n) is 19.0. The van der Waals surface area contributed by atoms with E-state index in [0.29, 0.717) is 24.8 Å². The number of carbonyl (C=O) groups excluding carboxylic acids is 2. The Hall–Kier alpha value is -2.82. The lowest BCUT2D eigenvalue weighted by Gasteiger charge is -2.29. The fraction of sp³-hybridized carbons (Fsp3) is 0.440. The summed E-state index contributed by atoms with van der Waals surface area (Å²) in [5.74, 6) is 0.617. The van der Waals surface area contributed by atoms with Gasteiger partial charge in [-0.25, -0.2) is 0 Å². The fourth-order valence-electron chi connectivity index (χ4n) is 3.07. The molecule has 0 aromatic heterocycles. The monoisotopic (exact) mass is 410 g/mol. The van der Waals surface area contributed by atoms with Crippen LogP contribution in [0, 0.1) is 26.7 Å².